The number of nitrogens with one attached hydrogen (secondary N) is 1. The maximum atomic E-state index is 11.9. The fourth-order valence-corrected chi connectivity index (χ4v) is 1.78. The van der Waals surface area contributed by atoms with Gasteiger partial charge in [0.05, 0.1) is 5.70 Å². The quantitative estimate of drug-likeness (QED) is 0.654. The summed E-state index contributed by atoms with van der Waals surface area (Å²) in [6.07, 6.45) is 2.78. The maximum absolute atomic E-state index is 11.9. The van der Waals surface area contributed by atoms with Crippen LogP contribution in [0.5, 0.6) is 0 Å². The molecule has 18 heavy (non-hydrogen) atoms. The number of fused-ring (bicyclic) bond motifs is 1. The van der Waals surface area contributed by atoms with Gasteiger partial charge in [-0.25, -0.2) is 0 Å². The average Bonchev–Trinajstić information content (AvgIpc) is 2.68. The van der Waals surface area contributed by atoms with Crippen LogP contribution in [0.2, 0.25) is 0 Å². The first-order valence-corrected chi connectivity index (χ1v) is 5.99. The van der Waals surface area contributed by atoms with Crippen LogP contribution in [0.1, 0.15) is 30.1 Å². The summed E-state index contributed by atoms with van der Waals surface area (Å²) in [6.45, 7) is 2.04. The average molecular weight is 245 g/mol. The zero-order chi connectivity index (χ0) is 13.0. The zero-order valence-electron chi connectivity index (χ0n) is 10.2. The molecule has 1 N–H and O–H groups in total. The first kappa shape index (κ1) is 12.4. The SMILES string of the molecule is CCCC(=O)OC/C=C1/Nc2ccccc2C1=O. The number of ketones is 1. The second kappa shape index (κ2) is 5.49. The Labute approximate surface area is 106 Å². The molecule has 0 saturated heterocycles. The van der Waals surface area contributed by atoms with Crippen LogP contribution in [0.3, 0.4) is 0 Å². The van der Waals surface area contributed by atoms with E-state index in [0.717, 1.165) is 12.1 Å². The summed E-state index contributed by atoms with van der Waals surface area (Å²) in [6, 6.07) is 7.30. The lowest BCUT2D eigenvalue weighted by molar-refractivity contribution is -0.142. The standard InChI is InChI=1S/C14H15NO3/c1-2-5-13(16)18-9-8-12-14(17)10-6-3-4-7-11(10)15-12/h3-4,6-8,15H,2,5,9H2,1H3/b12-8+. The Kier molecular flexibility index (Phi) is 3.77. The van der Waals surface area contributed by atoms with Crippen molar-refractivity contribution in [3.63, 3.8) is 0 Å². The number of Topliss-reactive ketones (excluding diaryl/α,β-unsaturated/α-hetero) is 1. The predicted octanol–water partition coefficient (Wildman–Crippen LogP) is 2.52. The number of hydrogen-bond donors (Lipinski definition) is 1. The first-order valence-electron chi connectivity index (χ1n) is 5.99. The number of anilines is 1. The van der Waals surface area contributed by atoms with E-state index < -0.39 is 0 Å². The van der Waals surface area contributed by atoms with Crippen molar-refractivity contribution in [1.82, 2.24) is 0 Å². The number of ether oxygens (including phenoxy) is 1. The number of carbonyl (C=O) groups excluding carboxylic acids is 2. The molecule has 0 aromatic heterocycles. The molecule has 2 rings (SSSR count). The summed E-state index contributed by atoms with van der Waals surface area (Å²) >= 11 is 0. The van der Waals surface area contributed by atoms with Gasteiger partial charge in [-0.05, 0) is 24.6 Å². The van der Waals surface area contributed by atoms with E-state index in [1.807, 2.05) is 25.1 Å². The van der Waals surface area contributed by atoms with Crippen LogP contribution in [0.15, 0.2) is 36.0 Å². The molecule has 0 atom stereocenters. The molecule has 0 saturated carbocycles. The van der Waals surface area contributed by atoms with Crippen molar-refractivity contribution in [3.05, 3.63) is 41.6 Å². The second-order valence-electron chi connectivity index (χ2n) is 4.05. The number of hydrogen-bond acceptors (Lipinski definition) is 4. The highest BCUT2D eigenvalue weighted by atomic mass is 16.5. The van der Waals surface area contributed by atoms with Gasteiger partial charge in [0, 0.05) is 17.7 Å². The Balaban J connectivity index is 1.97. The van der Waals surface area contributed by atoms with Gasteiger partial charge in [0.25, 0.3) is 0 Å². The van der Waals surface area contributed by atoms with Crippen LogP contribution in [-0.2, 0) is 9.53 Å². The van der Waals surface area contributed by atoms with E-state index in [4.69, 9.17) is 4.74 Å². The molecule has 1 aliphatic heterocycles. The van der Waals surface area contributed by atoms with E-state index in [1.165, 1.54) is 0 Å². The van der Waals surface area contributed by atoms with E-state index in [2.05, 4.69) is 5.32 Å². The molecule has 0 unspecified atom stereocenters. The van der Waals surface area contributed by atoms with Crippen molar-refractivity contribution in [3.8, 4) is 0 Å². The minimum absolute atomic E-state index is 0.0582. The second-order valence-corrected chi connectivity index (χ2v) is 4.05. The van der Waals surface area contributed by atoms with Crippen molar-refractivity contribution in [2.75, 3.05) is 11.9 Å². The number of allylic oxidation sites excluding steroid dienone is 1. The van der Waals surface area contributed by atoms with Crippen LogP contribution < -0.4 is 5.32 Å². The fraction of sp³-hybridized carbons (Fsp3) is 0.286. The molecular formula is C14H15NO3. The van der Waals surface area contributed by atoms with Crippen molar-refractivity contribution in [2.45, 2.75) is 19.8 Å². The number of para-hydroxylation sites is 1. The molecule has 1 heterocycles. The van der Waals surface area contributed by atoms with Crippen LogP contribution in [0.4, 0.5) is 5.69 Å². The van der Waals surface area contributed by atoms with E-state index >= 15 is 0 Å². The third kappa shape index (κ3) is 2.59. The van der Waals surface area contributed by atoms with E-state index in [1.54, 1.807) is 12.1 Å². The highest BCUT2D eigenvalue weighted by Gasteiger charge is 2.23. The van der Waals surface area contributed by atoms with Crippen molar-refractivity contribution in [1.29, 1.82) is 0 Å². The highest BCUT2D eigenvalue weighted by molar-refractivity contribution is 6.18. The van der Waals surface area contributed by atoms with Crippen molar-refractivity contribution in [2.24, 2.45) is 0 Å². The van der Waals surface area contributed by atoms with E-state index in [9.17, 15) is 9.59 Å². The zero-order valence-corrected chi connectivity index (χ0v) is 10.2. The van der Waals surface area contributed by atoms with Crippen molar-refractivity contribution >= 4 is 17.4 Å². The van der Waals surface area contributed by atoms with Gasteiger partial charge >= 0.3 is 5.97 Å². The molecule has 4 nitrogen and oxygen atoms in total. The summed E-state index contributed by atoms with van der Waals surface area (Å²) < 4.78 is 4.98. The Morgan fingerprint density at radius 3 is 2.89 bits per heavy atom. The Hall–Kier alpha value is -2.10. The molecule has 1 aromatic rings. The normalized spacial score (nSPS) is 15.4. The number of carbonyl (C=O) groups is 2. The molecule has 0 aliphatic carbocycles. The van der Waals surface area contributed by atoms with E-state index in [-0.39, 0.29) is 18.4 Å². The summed E-state index contributed by atoms with van der Waals surface area (Å²) in [5, 5.41) is 3.01. The third-order valence-corrected chi connectivity index (χ3v) is 2.67. The molecule has 4 heteroatoms. The lowest BCUT2D eigenvalue weighted by Crippen LogP contribution is -2.07. The molecular weight excluding hydrogens is 230 g/mol. The van der Waals surface area contributed by atoms with Crippen LogP contribution in [0, 0.1) is 0 Å². The summed E-state index contributed by atoms with van der Waals surface area (Å²) in [7, 11) is 0. The third-order valence-electron chi connectivity index (χ3n) is 2.67. The molecule has 0 bridgehead atoms. The Morgan fingerprint density at radius 1 is 1.39 bits per heavy atom. The number of esters is 1. The van der Waals surface area contributed by atoms with Gasteiger partial charge in [-0.2, -0.15) is 0 Å². The first-order chi connectivity index (χ1) is 8.72. The minimum atomic E-state index is -0.239. The lowest BCUT2D eigenvalue weighted by Gasteiger charge is -2.01. The molecule has 0 amide bonds. The Morgan fingerprint density at radius 2 is 2.17 bits per heavy atom. The number of rotatable bonds is 4. The molecule has 94 valence electrons. The van der Waals surface area contributed by atoms with Gasteiger partial charge in [0.2, 0.25) is 5.78 Å². The van der Waals surface area contributed by atoms with Gasteiger partial charge in [-0.15, -0.1) is 0 Å². The monoisotopic (exact) mass is 245 g/mol. The van der Waals surface area contributed by atoms with E-state index in [0.29, 0.717) is 17.7 Å². The predicted molar refractivity (Wildman–Crippen MR) is 68.3 cm³/mol. The summed E-state index contributed by atoms with van der Waals surface area (Å²) in [4.78, 5) is 23.1. The highest BCUT2D eigenvalue weighted by Crippen LogP contribution is 2.27. The lowest BCUT2D eigenvalue weighted by atomic mass is 10.1. The maximum Gasteiger partial charge on any atom is 0.306 e. The van der Waals surface area contributed by atoms with Gasteiger partial charge < -0.3 is 10.1 Å². The van der Waals surface area contributed by atoms with Crippen LogP contribution >= 0.6 is 0 Å². The fourth-order valence-electron chi connectivity index (χ4n) is 1.78. The van der Waals surface area contributed by atoms with Crippen LogP contribution in [0.25, 0.3) is 0 Å². The van der Waals surface area contributed by atoms with Crippen LogP contribution in [-0.4, -0.2) is 18.4 Å². The van der Waals surface area contributed by atoms with Gasteiger partial charge in [0.15, 0.2) is 0 Å². The van der Waals surface area contributed by atoms with Crippen molar-refractivity contribution < 1.29 is 14.3 Å². The smallest absolute Gasteiger partial charge is 0.306 e. The molecule has 0 spiro atoms. The molecule has 1 aliphatic rings. The Bertz CT molecular complexity index is 506. The van der Waals surface area contributed by atoms with Gasteiger partial charge in [0.1, 0.15) is 6.61 Å². The topological polar surface area (TPSA) is 55.4 Å². The largest absolute Gasteiger partial charge is 0.461 e. The van der Waals surface area contributed by atoms with Gasteiger partial charge in [-0.1, -0.05) is 19.1 Å². The van der Waals surface area contributed by atoms with Gasteiger partial charge in [-0.3, -0.25) is 9.59 Å². The molecule has 0 fully saturated rings. The summed E-state index contributed by atoms with van der Waals surface area (Å²) in [5.74, 6) is -0.297. The minimum Gasteiger partial charge on any atom is -0.461 e. The number of benzene rings is 1. The molecule has 1 aromatic carbocycles. The molecule has 0 radical (unpaired) electrons. The summed E-state index contributed by atoms with van der Waals surface area (Å²) in [5.41, 5.74) is 1.93.